The van der Waals surface area contributed by atoms with Crippen molar-refractivity contribution >= 4 is 0 Å². The van der Waals surface area contributed by atoms with Gasteiger partial charge in [0.15, 0.2) is 0 Å². The Morgan fingerprint density at radius 2 is 2.11 bits per heavy atom. The van der Waals surface area contributed by atoms with Crippen LogP contribution in [0, 0.1) is 18.8 Å². The van der Waals surface area contributed by atoms with Crippen LogP contribution in [0.25, 0.3) is 0 Å². The first-order chi connectivity index (χ1) is 8.81. The molecule has 3 atom stereocenters. The van der Waals surface area contributed by atoms with Crippen LogP contribution >= 0.6 is 0 Å². The molecular weight excluding hydrogens is 222 g/mol. The average Bonchev–Trinajstić information content (AvgIpc) is 3.01. The van der Waals surface area contributed by atoms with Gasteiger partial charge in [-0.25, -0.2) is 9.97 Å². The Kier molecular flexibility index (Phi) is 2.44. The first kappa shape index (κ1) is 10.9. The predicted molar refractivity (Wildman–Crippen MR) is 70.4 cm³/mol. The summed E-state index contributed by atoms with van der Waals surface area (Å²) in [4.78, 5) is 9.75. The fourth-order valence-electron chi connectivity index (χ4n) is 4.30. The highest BCUT2D eigenvalue weighted by molar-refractivity contribution is 5.28. The van der Waals surface area contributed by atoms with Crippen LogP contribution in [0.5, 0.6) is 0 Å². The fraction of sp³-hybridized carbons (Fsp3) is 0.733. The third-order valence-corrected chi connectivity index (χ3v) is 5.23. The van der Waals surface area contributed by atoms with E-state index in [0.717, 1.165) is 37.2 Å². The van der Waals surface area contributed by atoms with Gasteiger partial charge in [0.05, 0.1) is 5.69 Å². The highest BCUT2D eigenvalue weighted by Gasteiger charge is 2.41. The van der Waals surface area contributed by atoms with Gasteiger partial charge in [-0.3, -0.25) is 0 Å². The van der Waals surface area contributed by atoms with E-state index in [9.17, 15) is 0 Å². The van der Waals surface area contributed by atoms with Gasteiger partial charge in [-0.15, -0.1) is 0 Å². The highest BCUT2D eigenvalue weighted by atomic mass is 15.0. The molecule has 2 fully saturated rings. The van der Waals surface area contributed by atoms with Crippen molar-refractivity contribution in [2.75, 3.05) is 6.54 Å². The summed E-state index contributed by atoms with van der Waals surface area (Å²) in [5, 5.41) is 3.43. The Morgan fingerprint density at radius 1 is 1.17 bits per heavy atom. The number of nitrogens with one attached hydrogen (secondary N) is 1. The molecule has 1 aromatic heterocycles. The molecule has 3 heteroatoms. The van der Waals surface area contributed by atoms with Crippen LogP contribution in [-0.4, -0.2) is 16.5 Å². The summed E-state index contributed by atoms with van der Waals surface area (Å²) in [5.41, 5.74) is 3.91. The molecule has 2 saturated carbocycles. The van der Waals surface area contributed by atoms with E-state index in [2.05, 4.69) is 12.2 Å². The Labute approximate surface area is 108 Å². The Balaban J connectivity index is 1.71. The minimum atomic E-state index is 0.662. The van der Waals surface area contributed by atoms with E-state index >= 15 is 0 Å². The van der Waals surface area contributed by atoms with Gasteiger partial charge in [0.1, 0.15) is 5.82 Å². The first-order valence-electron chi connectivity index (χ1n) is 7.38. The molecule has 0 amide bonds. The molecule has 3 aliphatic rings. The molecule has 1 aromatic rings. The van der Waals surface area contributed by atoms with Crippen molar-refractivity contribution in [1.29, 1.82) is 0 Å². The van der Waals surface area contributed by atoms with Crippen molar-refractivity contribution in [2.45, 2.75) is 51.5 Å². The molecule has 0 spiro atoms. The van der Waals surface area contributed by atoms with Gasteiger partial charge in [-0.05, 0) is 56.6 Å². The monoisotopic (exact) mass is 243 g/mol. The topological polar surface area (TPSA) is 37.8 Å². The molecule has 1 aliphatic heterocycles. The van der Waals surface area contributed by atoms with Gasteiger partial charge in [0, 0.05) is 18.2 Å². The van der Waals surface area contributed by atoms with E-state index in [-0.39, 0.29) is 0 Å². The molecule has 96 valence electrons. The standard InChI is InChI=1S/C15H21N3/c1-9-12-4-5-16-8-14(12)18-15(17-9)13-7-10-2-3-11(13)6-10/h10-11,13,16H,2-8H2,1H3. The van der Waals surface area contributed by atoms with E-state index in [0.29, 0.717) is 5.92 Å². The molecule has 2 bridgehead atoms. The Hall–Kier alpha value is -0.960. The summed E-state index contributed by atoms with van der Waals surface area (Å²) < 4.78 is 0. The smallest absolute Gasteiger partial charge is 0.132 e. The van der Waals surface area contributed by atoms with E-state index in [1.807, 2.05) is 0 Å². The number of aryl methyl sites for hydroxylation is 1. The molecule has 0 radical (unpaired) electrons. The van der Waals surface area contributed by atoms with Crippen molar-refractivity contribution < 1.29 is 0 Å². The molecule has 18 heavy (non-hydrogen) atoms. The number of aromatic nitrogens is 2. The van der Waals surface area contributed by atoms with Gasteiger partial charge in [0.2, 0.25) is 0 Å². The second-order valence-corrected chi connectivity index (χ2v) is 6.30. The van der Waals surface area contributed by atoms with Gasteiger partial charge < -0.3 is 5.32 Å². The number of hydrogen-bond acceptors (Lipinski definition) is 3. The molecule has 4 rings (SSSR count). The van der Waals surface area contributed by atoms with Crippen LogP contribution in [0.1, 0.15) is 54.4 Å². The van der Waals surface area contributed by atoms with Crippen molar-refractivity contribution in [3.05, 3.63) is 22.8 Å². The van der Waals surface area contributed by atoms with Crippen LogP contribution in [0.2, 0.25) is 0 Å². The lowest BCUT2D eigenvalue weighted by atomic mass is 9.88. The molecule has 2 heterocycles. The average molecular weight is 243 g/mol. The summed E-state index contributed by atoms with van der Waals surface area (Å²) in [6.07, 6.45) is 6.73. The lowest BCUT2D eigenvalue weighted by Crippen LogP contribution is -2.27. The van der Waals surface area contributed by atoms with Crippen LogP contribution in [0.3, 0.4) is 0 Å². The summed E-state index contributed by atoms with van der Waals surface area (Å²) in [5.74, 6) is 3.67. The summed E-state index contributed by atoms with van der Waals surface area (Å²) in [7, 11) is 0. The van der Waals surface area contributed by atoms with Crippen molar-refractivity contribution in [3.63, 3.8) is 0 Å². The summed E-state index contributed by atoms with van der Waals surface area (Å²) in [6, 6.07) is 0. The van der Waals surface area contributed by atoms with Crippen LogP contribution in [-0.2, 0) is 13.0 Å². The first-order valence-corrected chi connectivity index (χ1v) is 7.38. The number of hydrogen-bond donors (Lipinski definition) is 1. The zero-order valence-electron chi connectivity index (χ0n) is 11.1. The van der Waals surface area contributed by atoms with E-state index in [4.69, 9.17) is 9.97 Å². The van der Waals surface area contributed by atoms with E-state index in [1.165, 1.54) is 42.6 Å². The van der Waals surface area contributed by atoms with Crippen LogP contribution < -0.4 is 5.32 Å². The number of nitrogens with zero attached hydrogens (tertiary/aromatic N) is 2. The maximum absolute atomic E-state index is 4.90. The molecule has 1 N–H and O–H groups in total. The molecule has 0 aromatic carbocycles. The third kappa shape index (κ3) is 1.60. The maximum atomic E-state index is 4.90. The Bertz CT molecular complexity index is 483. The second-order valence-electron chi connectivity index (χ2n) is 6.30. The van der Waals surface area contributed by atoms with Crippen molar-refractivity contribution in [2.24, 2.45) is 11.8 Å². The zero-order valence-corrected chi connectivity index (χ0v) is 11.1. The predicted octanol–water partition coefficient (Wildman–Crippen LogP) is 2.33. The lowest BCUT2D eigenvalue weighted by Gasteiger charge is -2.24. The highest BCUT2D eigenvalue weighted by Crippen LogP contribution is 2.52. The summed E-state index contributed by atoms with van der Waals surface area (Å²) in [6.45, 7) is 4.18. The third-order valence-electron chi connectivity index (χ3n) is 5.23. The quantitative estimate of drug-likeness (QED) is 0.822. The van der Waals surface area contributed by atoms with Gasteiger partial charge in [0.25, 0.3) is 0 Å². The maximum Gasteiger partial charge on any atom is 0.132 e. The van der Waals surface area contributed by atoms with E-state index < -0.39 is 0 Å². The summed E-state index contributed by atoms with van der Waals surface area (Å²) >= 11 is 0. The SMILES string of the molecule is Cc1nc(C2CC3CCC2C3)nc2c1CCNC2. The van der Waals surface area contributed by atoms with E-state index in [1.54, 1.807) is 0 Å². The minimum absolute atomic E-state index is 0.662. The largest absolute Gasteiger partial charge is 0.311 e. The van der Waals surface area contributed by atoms with Gasteiger partial charge in [-0.2, -0.15) is 0 Å². The zero-order chi connectivity index (χ0) is 12.1. The van der Waals surface area contributed by atoms with Crippen LogP contribution in [0.15, 0.2) is 0 Å². The molecular formula is C15H21N3. The van der Waals surface area contributed by atoms with Gasteiger partial charge >= 0.3 is 0 Å². The normalized spacial score (nSPS) is 33.7. The number of fused-ring (bicyclic) bond motifs is 3. The minimum Gasteiger partial charge on any atom is -0.311 e. The molecule has 0 saturated heterocycles. The Morgan fingerprint density at radius 3 is 2.89 bits per heavy atom. The molecule has 3 nitrogen and oxygen atoms in total. The second kappa shape index (κ2) is 4.02. The van der Waals surface area contributed by atoms with Crippen molar-refractivity contribution in [1.82, 2.24) is 15.3 Å². The number of rotatable bonds is 1. The van der Waals surface area contributed by atoms with Gasteiger partial charge in [-0.1, -0.05) is 6.42 Å². The molecule has 2 aliphatic carbocycles. The molecule has 3 unspecified atom stereocenters. The van der Waals surface area contributed by atoms with Crippen molar-refractivity contribution in [3.8, 4) is 0 Å². The van der Waals surface area contributed by atoms with Crippen LogP contribution in [0.4, 0.5) is 0 Å². The lowest BCUT2D eigenvalue weighted by molar-refractivity contribution is 0.402. The fourth-order valence-corrected chi connectivity index (χ4v) is 4.30.